The number of aromatic amines is 1. The number of aromatic nitrogens is 2. The number of fused-ring (bicyclic) bond motifs is 3. The molecule has 7 N–H and O–H groups in total. The molecule has 0 aliphatic carbocycles. The van der Waals surface area contributed by atoms with Crippen LogP contribution in [0.15, 0.2) is 29.1 Å². The number of aliphatic carboxylic acids is 2. The van der Waals surface area contributed by atoms with Gasteiger partial charge in [-0.1, -0.05) is 0 Å². The minimum absolute atomic E-state index is 0. The number of nitrogens with one attached hydrogen (secondary N) is 3. The van der Waals surface area contributed by atoms with Gasteiger partial charge in [0, 0.05) is 30.8 Å². The molecule has 2 aliphatic heterocycles. The van der Waals surface area contributed by atoms with Crippen molar-refractivity contribution in [1.82, 2.24) is 15.3 Å². The van der Waals surface area contributed by atoms with Gasteiger partial charge in [-0.25, -0.2) is 4.79 Å². The Morgan fingerprint density at radius 3 is 2.53 bits per heavy atom. The summed E-state index contributed by atoms with van der Waals surface area (Å²) in [7, 11) is 0. The van der Waals surface area contributed by atoms with Gasteiger partial charge in [-0.2, -0.15) is 4.98 Å². The number of rotatable bonds is 7. The molecule has 184 valence electrons. The maximum atomic E-state index is 12.9. The Balaban J connectivity index is 0.00000361. The average Bonchev–Trinajstić information content (AvgIpc) is 2.80. The topological polar surface area (TPSA) is 211 Å². The van der Waals surface area contributed by atoms with Crippen LogP contribution in [0.5, 0.6) is 0 Å². The molecular formula is C21H23CaN7O7+2. The van der Waals surface area contributed by atoms with Gasteiger partial charge in [0.15, 0.2) is 5.82 Å². The van der Waals surface area contributed by atoms with Crippen LogP contribution < -0.4 is 31.7 Å². The van der Waals surface area contributed by atoms with Gasteiger partial charge in [-0.05, 0) is 30.7 Å². The molecule has 1 aromatic carbocycles. The second-order valence-corrected chi connectivity index (χ2v) is 8.16. The van der Waals surface area contributed by atoms with Crippen LogP contribution in [0.25, 0.3) is 0 Å². The van der Waals surface area contributed by atoms with Crippen molar-refractivity contribution >= 4 is 84.6 Å². The predicted octanol–water partition coefficient (Wildman–Crippen LogP) is -1.33. The van der Waals surface area contributed by atoms with Gasteiger partial charge in [0.05, 0.1) is 12.6 Å². The van der Waals surface area contributed by atoms with E-state index in [1.165, 1.54) is 12.1 Å². The van der Waals surface area contributed by atoms with Crippen molar-refractivity contribution in [2.45, 2.75) is 24.9 Å². The molecule has 2 aromatic rings. The molecule has 1 aromatic heterocycles. The van der Waals surface area contributed by atoms with E-state index in [0.717, 1.165) is 0 Å². The number of anilines is 4. The van der Waals surface area contributed by atoms with E-state index in [4.69, 9.17) is 10.8 Å². The van der Waals surface area contributed by atoms with Gasteiger partial charge in [0.1, 0.15) is 11.7 Å². The summed E-state index contributed by atoms with van der Waals surface area (Å²) in [6.07, 6.45) is -0.656. The van der Waals surface area contributed by atoms with Gasteiger partial charge < -0.3 is 36.4 Å². The zero-order valence-corrected chi connectivity index (χ0v) is 21.3. The van der Waals surface area contributed by atoms with Crippen LogP contribution in [0.1, 0.15) is 23.2 Å². The third kappa shape index (κ3) is 5.71. The molecule has 36 heavy (non-hydrogen) atoms. The van der Waals surface area contributed by atoms with Crippen LogP contribution in [-0.2, 0) is 14.4 Å². The van der Waals surface area contributed by atoms with Crippen LogP contribution in [-0.4, -0.2) is 113 Å². The number of piperazine rings is 1. The monoisotopic (exact) mass is 525 g/mol. The van der Waals surface area contributed by atoms with Crippen LogP contribution >= 0.6 is 0 Å². The largest absolute Gasteiger partial charge is 2.00 e. The first-order valence-corrected chi connectivity index (χ1v) is 10.7. The molecule has 0 saturated carbocycles. The third-order valence-electron chi connectivity index (χ3n) is 5.84. The number of nitrogens with two attached hydrogens (primary N) is 1. The molecule has 2 amide bonds. The molecule has 0 radical (unpaired) electrons. The Morgan fingerprint density at radius 2 is 1.89 bits per heavy atom. The van der Waals surface area contributed by atoms with E-state index in [1.807, 2.05) is 0 Å². The zero-order valence-electron chi connectivity index (χ0n) is 19.1. The number of carbonyl (C=O) groups excluding carboxylic acids is 2. The second kappa shape index (κ2) is 11.1. The van der Waals surface area contributed by atoms with Gasteiger partial charge in [0.2, 0.25) is 11.9 Å². The molecule has 2 atom stereocenters. The summed E-state index contributed by atoms with van der Waals surface area (Å²) >= 11 is 0. The summed E-state index contributed by atoms with van der Waals surface area (Å²) in [5.41, 5.74) is 6.10. The third-order valence-corrected chi connectivity index (χ3v) is 5.84. The van der Waals surface area contributed by atoms with E-state index in [-0.39, 0.29) is 86.4 Å². The predicted molar refractivity (Wildman–Crippen MR) is 129 cm³/mol. The van der Waals surface area contributed by atoms with Crippen LogP contribution in [0.2, 0.25) is 0 Å². The van der Waals surface area contributed by atoms with Gasteiger partial charge in [-0.15, -0.1) is 0 Å². The van der Waals surface area contributed by atoms with Crippen molar-refractivity contribution in [3.05, 3.63) is 40.2 Å². The molecular weight excluding hydrogens is 502 g/mol. The van der Waals surface area contributed by atoms with Gasteiger partial charge in [0.25, 0.3) is 11.5 Å². The number of carbonyl (C=O) groups is 4. The van der Waals surface area contributed by atoms with E-state index in [1.54, 1.807) is 21.9 Å². The normalized spacial score (nSPS) is 17.1. The maximum absolute atomic E-state index is 12.9. The first-order chi connectivity index (χ1) is 16.6. The van der Waals surface area contributed by atoms with Crippen LogP contribution in [0, 0.1) is 0 Å². The summed E-state index contributed by atoms with van der Waals surface area (Å²) in [6.45, 7) is 0.650. The summed E-state index contributed by atoms with van der Waals surface area (Å²) in [6, 6.07) is 4.48. The van der Waals surface area contributed by atoms with E-state index in [0.29, 0.717) is 18.1 Å². The first-order valence-electron chi connectivity index (χ1n) is 10.7. The summed E-state index contributed by atoms with van der Waals surface area (Å²) in [5.74, 6) is -3.14. The number of H-pyrrole nitrogens is 1. The van der Waals surface area contributed by atoms with Gasteiger partial charge >= 0.3 is 49.7 Å². The zero-order chi connectivity index (χ0) is 25.3. The Kier molecular flexibility index (Phi) is 8.43. The SMILES string of the molecule is Nc1nc2c(c(=O)[nH]1)N1CC(=O)N(c3ccc(C(=O)NC(CCC(=O)O)C(=O)O)cc3)CC1CN2.[Ca+2]. The number of amides is 2. The number of benzene rings is 1. The van der Waals surface area contributed by atoms with E-state index in [2.05, 4.69) is 20.6 Å². The quantitative estimate of drug-likeness (QED) is 0.233. The van der Waals surface area contributed by atoms with Crippen molar-refractivity contribution in [1.29, 1.82) is 0 Å². The summed E-state index contributed by atoms with van der Waals surface area (Å²) in [4.78, 5) is 69.6. The molecule has 2 unspecified atom stereocenters. The molecule has 2 aliphatic rings. The fourth-order valence-electron chi connectivity index (χ4n) is 4.11. The maximum Gasteiger partial charge on any atom is 2.00 e. The van der Waals surface area contributed by atoms with Crippen molar-refractivity contribution in [3.63, 3.8) is 0 Å². The number of hydrogen-bond donors (Lipinski definition) is 6. The van der Waals surface area contributed by atoms with Crippen molar-refractivity contribution < 1.29 is 29.4 Å². The molecule has 3 heterocycles. The van der Waals surface area contributed by atoms with Crippen molar-refractivity contribution in [2.75, 3.05) is 40.5 Å². The number of nitrogens with zero attached hydrogens (tertiary/aromatic N) is 3. The Bertz CT molecular complexity index is 1250. The Hall–Kier alpha value is -3.36. The average molecular weight is 526 g/mol. The molecule has 1 saturated heterocycles. The summed E-state index contributed by atoms with van der Waals surface area (Å²) in [5, 5.41) is 23.3. The van der Waals surface area contributed by atoms with Crippen LogP contribution in [0.3, 0.4) is 0 Å². The fraction of sp³-hybridized carbons (Fsp3) is 0.333. The Morgan fingerprint density at radius 1 is 1.19 bits per heavy atom. The number of carboxylic acids is 2. The minimum atomic E-state index is -1.34. The second-order valence-electron chi connectivity index (χ2n) is 8.16. The minimum Gasteiger partial charge on any atom is -0.481 e. The van der Waals surface area contributed by atoms with Crippen LogP contribution in [0.4, 0.5) is 23.1 Å². The smallest absolute Gasteiger partial charge is 0.481 e. The first kappa shape index (κ1) is 27.2. The number of carboxylic acid groups (broad SMARTS) is 2. The van der Waals surface area contributed by atoms with Crippen molar-refractivity contribution in [3.8, 4) is 0 Å². The van der Waals surface area contributed by atoms with E-state index < -0.39 is 35.9 Å². The van der Waals surface area contributed by atoms with E-state index in [9.17, 15) is 29.1 Å². The molecule has 1 fully saturated rings. The number of hydrogen-bond acceptors (Lipinski definition) is 9. The molecule has 15 heteroatoms. The van der Waals surface area contributed by atoms with Gasteiger partial charge in [-0.3, -0.25) is 24.2 Å². The number of nitrogen functional groups attached to an aromatic ring is 1. The molecule has 0 bridgehead atoms. The Labute approximate surface area is 233 Å². The standard InChI is InChI=1S/C21H23N7O7.Ca/c22-21-25-17-16(19(33)26-21)28-9-14(29)27(8-12(28)7-23-17)11-3-1-10(2-4-11)18(32)24-13(20(34)35)5-6-15(30)31;/h1-4,12-13H,5-9H2,(H,24,32)(H,30,31)(H,34,35)(H4,22,23,25,26,33);/q;+2. The fourth-order valence-corrected chi connectivity index (χ4v) is 4.11. The molecule has 0 spiro atoms. The molecule has 14 nitrogen and oxygen atoms in total. The van der Waals surface area contributed by atoms with Crippen molar-refractivity contribution in [2.24, 2.45) is 0 Å². The summed E-state index contributed by atoms with van der Waals surface area (Å²) < 4.78 is 0. The molecule has 4 rings (SSSR count). The van der Waals surface area contributed by atoms with E-state index >= 15 is 0 Å².